The van der Waals surface area contributed by atoms with Gasteiger partial charge in [0.1, 0.15) is 17.0 Å². The topological polar surface area (TPSA) is 50.3 Å². The molecule has 2 unspecified atom stereocenters. The van der Waals surface area contributed by atoms with Crippen LogP contribution in [0.5, 0.6) is 0 Å². The van der Waals surface area contributed by atoms with Gasteiger partial charge in [-0.05, 0) is 43.1 Å². The number of hydrogen-bond donors (Lipinski definition) is 1. The van der Waals surface area contributed by atoms with E-state index in [0.717, 1.165) is 55.8 Å². The summed E-state index contributed by atoms with van der Waals surface area (Å²) in [5.74, 6) is 2.50. The van der Waals surface area contributed by atoms with Crippen LogP contribution in [0.1, 0.15) is 44.1 Å². The lowest BCUT2D eigenvalue weighted by atomic mass is 9.89. The SMILES string of the molecule is CC(C)CC(CNc1ncnc2sc3c(c12)CCC(C)C3)N1CCOCC1. The Labute approximate surface area is 166 Å². The van der Waals surface area contributed by atoms with Crippen molar-refractivity contribution < 1.29 is 4.74 Å². The molecular weight excluding hydrogens is 356 g/mol. The molecule has 2 aliphatic rings. The zero-order valence-corrected chi connectivity index (χ0v) is 17.6. The number of fused-ring (bicyclic) bond motifs is 3. The number of thiophene rings is 1. The van der Waals surface area contributed by atoms with E-state index in [0.29, 0.717) is 12.0 Å². The largest absolute Gasteiger partial charge is 0.379 e. The lowest BCUT2D eigenvalue weighted by Crippen LogP contribution is -2.47. The van der Waals surface area contributed by atoms with Crippen molar-refractivity contribution in [2.24, 2.45) is 11.8 Å². The minimum Gasteiger partial charge on any atom is -0.379 e. The minimum atomic E-state index is 0.522. The van der Waals surface area contributed by atoms with Gasteiger partial charge in [0.2, 0.25) is 0 Å². The average Bonchev–Trinajstić information content (AvgIpc) is 3.03. The predicted octanol–water partition coefficient (Wildman–Crippen LogP) is 3.97. The summed E-state index contributed by atoms with van der Waals surface area (Å²) in [5, 5.41) is 5.00. The molecular formula is C21H32N4OS. The summed E-state index contributed by atoms with van der Waals surface area (Å²) in [6.07, 6.45) is 6.55. The minimum absolute atomic E-state index is 0.522. The van der Waals surface area contributed by atoms with Crippen molar-refractivity contribution in [1.82, 2.24) is 14.9 Å². The van der Waals surface area contributed by atoms with Crippen LogP contribution in [0.25, 0.3) is 10.2 Å². The van der Waals surface area contributed by atoms with Gasteiger partial charge in [0.25, 0.3) is 0 Å². The van der Waals surface area contributed by atoms with Gasteiger partial charge < -0.3 is 10.1 Å². The predicted molar refractivity (Wildman–Crippen MR) is 113 cm³/mol. The third-order valence-corrected chi connectivity index (χ3v) is 7.06. The van der Waals surface area contributed by atoms with Crippen LogP contribution < -0.4 is 5.32 Å². The van der Waals surface area contributed by atoms with Gasteiger partial charge in [-0.2, -0.15) is 0 Å². The maximum atomic E-state index is 5.55. The molecule has 1 saturated heterocycles. The molecule has 1 aliphatic carbocycles. The Kier molecular flexibility index (Phi) is 5.95. The summed E-state index contributed by atoms with van der Waals surface area (Å²) in [6.45, 7) is 11.7. The third kappa shape index (κ3) is 4.28. The van der Waals surface area contributed by atoms with E-state index in [-0.39, 0.29) is 0 Å². The Morgan fingerprint density at radius 1 is 1.30 bits per heavy atom. The fourth-order valence-corrected chi connectivity index (χ4v) is 5.82. The van der Waals surface area contributed by atoms with Crippen molar-refractivity contribution in [1.29, 1.82) is 0 Å². The van der Waals surface area contributed by atoms with Crippen LogP contribution >= 0.6 is 11.3 Å². The molecule has 2 atom stereocenters. The van der Waals surface area contributed by atoms with Crippen LogP contribution in [-0.2, 0) is 17.6 Å². The Balaban J connectivity index is 1.55. The van der Waals surface area contributed by atoms with Gasteiger partial charge in [-0.15, -0.1) is 11.3 Å². The third-order valence-electron chi connectivity index (χ3n) is 5.90. The van der Waals surface area contributed by atoms with E-state index in [2.05, 4.69) is 41.0 Å². The lowest BCUT2D eigenvalue weighted by Gasteiger charge is -2.35. The van der Waals surface area contributed by atoms with Gasteiger partial charge in [-0.1, -0.05) is 20.8 Å². The number of anilines is 1. The summed E-state index contributed by atoms with van der Waals surface area (Å²) in [7, 11) is 0. The average molecular weight is 389 g/mol. The van der Waals surface area contributed by atoms with E-state index in [1.165, 1.54) is 35.1 Å². The smallest absolute Gasteiger partial charge is 0.138 e. The molecule has 27 heavy (non-hydrogen) atoms. The maximum Gasteiger partial charge on any atom is 0.138 e. The number of rotatable bonds is 6. The van der Waals surface area contributed by atoms with Crippen molar-refractivity contribution in [2.75, 3.05) is 38.2 Å². The van der Waals surface area contributed by atoms with E-state index < -0.39 is 0 Å². The van der Waals surface area contributed by atoms with E-state index >= 15 is 0 Å². The van der Waals surface area contributed by atoms with Crippen molar-refractivity contribution in [3.8, 4) is 0 Å². The van der Waals surface area contributed by atoms with E-state index in [1.54, 1.807) is 6.33 Å². The van der Waals surface area contributed by atoms with Gasteiger partial charge in [0, 0.05) is 30.6 Å². The van der Waals surface area contributed by atoms with Crippen molar-refractivity contribution in [2.45, 2.75) is 52.5 Å². The van der Waals surface area contributed by atoms with Crippen molar-refractivity contribution in [3.63, 3.8) is 0 Å². The highest BCUT2D eigenvalue weighted by molar-refractivity contribution is 7.19. The highest BCUT2D eigenvalue weighted by Gasteiger charge is 2.25. The van der Waals surface area contributed by atoms with Gasteiger partial charge >= 0.3 is 0 Å². The van der Waals surface area contributed by atoms with Gasteiger partial charge in [0.05, 0.1) is 18.6 Å². The van der Waals surface area contributed by atoms with Crippen LogP contribution in [0.3, 0.4) is 0 Å². The molecule has 1 N–H and O–H groups in total. The first-order chi connectivity index (χ1) is 13.1. The molecule has 0 bridgehead atoms. The molecule has 0 spiro atoms. The number of aromatic nitrogens is 2. The molecule has 2 aromatic rings. The van der Waals surface area contributed by atoms with E-state index in [9.17, 15) is 0 Å². The molecule has 3 heterocycles. The Morgan fingerprint density at radius 3 is 2.89 bits per heavy atom. The van der Waals surface area contributed by atoms with Gasteiger partial charge in [-0.3, -0.25) is 4.90 Å². The molecule has 0 saturated carbocycles. The molecule has 148 valence electrons. The molecule has 1 aliphatic heterocycles. The molecule has 2 aromatic heterocycles. The molecule has 5 nitrogen and oxygen atoms in total. The monoisotopic (exact) mass is 388 g/mol. The molecule has 0 aromatic carbocycles. The van der Waals surface area contributed by atoms with Crippen LogP contribution in [-0.4, -0.2) is 53.8 Å². The van der Waals surface area contributed by atoms with Gasteiger partial charge in [0.15, 0.2) is 0 Å². The maximum absolute atomic E-state index is 5.55. The molecule has 1 fully saturated rings. The first-order valence-corrected chi connectivity index (χ1v) is 11.2. The number of nitrogens with zero attached hydrogens (tertiary/aromatic N) is 3. The quantitative estimate of drug-likeness (QED) is 0.811. The summed E-state index contributed by atoms with van der Waals surface area (Å²) in [6, 6.07) is 0.522. The first kappa shape index (κ1) is 19.1. The number of hydrogen-bond acceptors (Lipinski definition) is 6. The van der Waals surface area contributed by atoms with Crippen molar-refractivity contribution >= 4 is 27.4 Å². The molecule has 0 amide bonds. The highest BCUT2D eigenvalue weighted by atomic mass is 32.1. The van der Waals surface area contributed by atoms with E-state index in [1.807, 2.05) is 11.3 Å². The number of ether oxygens (including phenoxy) is 1. The number of morpholine rings is 1. The summed E-state index contributed by atoms with van der Waals surface area (Å²) in [5.41, 5.74) is 1.50. The fraction of sp³-hybridized carbons (Fsp3) is 0.714. The Hall–Kier alpha value is -1.24. The summed E-state index contributed by atoms with van der Waals surface area (Å²) in [4.78, 5) is 14.5. The second kappa shape index (κ2) is 8.41. The lowest BCUT2D eigenvalue weighted by molar-refractivity contribution is 0.0150. The van der Waals surface area contributed by atoms with Crippen LogP contribution in [0.15, 0.2) is 6.33 Å². The first-order valence-electron chi connectivity index (χ1n) is 10.4. The number of nitrogens with one attached hydrogen (secondary N) is 1. The fourth-order valence-electron chi connectivity index (χ4n) is 4.47. The molecule has 0 radical (unpaired) electrons. The van der Waals surface area contributed by atoms with E-state index in [4.69, 9.17) is 4.74 Å². The zero-order valence-electron chi connectivity index (χ0n) is 16.8. The van der Waals surface area contributed by atoms with Gasteiger partial charge in [-0.25, -0.2) is 9.97 Å². The standard InChI is InChI=1S/C21H32N4OS/c1-14(2)10-16(25-6-8-26-9-7-25)12-22-20-19-17-5-4-15(3)11-18(17)27-21(19)24-13-23-20/h13-16H,4-12H2,1-3H3,(H,22,23,24). The summed E-state index contributed by atoms with van der Waals surface area (Å²) >= 11 is 1.87. The second-order valence-electron chi connectivity index (χ2n) is 8.57. The second-order valence-corrected chi connectivity index (χ2v) is 9.65. The Bertz CT molecular complexity index is 769. The normalized spacial score (nSPS) is 22.1. The molecule has 6 heteroatoms. The van der Waals surface area contributed by atoms with Crippen molar-refractivity contribution in [3.05, 3.63) is 16.8 Å². The summed E-state index contributed by atoms with van der Waals surface area (Å²) < 4.78 is 5.55. The number of aryl methyl sites for hydroxylation is 1. The van der Waals surface area contributed by atoms with Crippen LogP contribution in [0.2, 0.25) is 0 Å². The highest BCUT2D eigenvalue weighted by Crippen LogP contribution is 2.39. The van der Waals surface area contributed by atoms with Crippen LogP contribution in [0.4, 0.5) is 5.82 Å². The Morgan fingerprint density at radius 2 is 2.11 bits per heavy atom. The van der Waals surface area contributed by atoms with Crippen LogP contribution in [0, 0.1) is 11.8 Å². The molecule has 4 rings (SSSR count). The zero-order chi connectivity index (χ0) is 18.8.